The molecule has 2 fully saturated rings. The lowest BCUT2D eigenvalue weighted by Gasteiger charge is -2.41. The number of nitrogens with zero attached hydrogens (tertiary/aromatic N) is 2. The van der Waals surface area contributed by atoms with E-state index in [2.05, 4.69) is 6.92 Å². The van der Waals surface area contributed by atoms with Gasteiger partial charge in [0.25, 0.3) is 5.91 Å². The first-order chi connectivity index (χ1) is 12.4. The molecule has 2 saturated heterocycles. The van der Waals surface area contributed by atoms with Crippen LogP contribution >= 0.6 is 0 Å². The molecule has 5 heteroatoms. The molecule has 1 spiro atoms. The number of methoxy groups -OCH3 is 1. The lowest BCUT2D eigenvalue weighted by molar-refractivity contribution is -0.133. The van der Waals surface area contributed by atoms with Gasteiger partial charge in [-0.3, -0.25) is 9.59 Å². The quantitative estimate of drug-likeness (QED) is 0.831. The second-order valence-corrected chi connectivity index (χ2v) is 7.81. The molecule has 0 aliphatic carbocycles. The first-order valence-electron chi connectivity index (χ1n) is 9.56. The fraction of sp³-hybridized carbons (Fsp3) is 0.619. The highest BCUT2D eigenvalue weighted by Gasteiger charge is 2.52. The van der Waals surface area contributed by atoms with Gasteiger partial charge in [0.15, 0.2) is 0 Å². The van der Waals surface area contributed by atoms with Crippen LogP contribution in [0.15, 0.2) is 18.2 Å². The van der Waals surface area contributed by atoms with E-state index >= 15 is 0 Å². The van der Waals surface area contributed by atoms with Crippen molar-refractivity contribution in [1.29, 1.82) is 0 Å². The van der Waals surface area contributed by atoms with Crippen LogP contribution < -0.4 is 0 Å². The smallest absolute Gasteiger partial charge is 0.253 e. The molecule has 0 saturated carbocycles. The Labute approximate surface area is 156 Å². The number of carbonyl (C=O) groups is 2. The van der Waals surface area contributed by atoms with Crippen LogP contribution in [0.3, 0.4) is 0 Å². The molecule has 5 nitrogen and oxygen atoms in total. The van der Waals surface area contributed by atoms with Gasteiger partial charge in [-0.05, 0) is 56.9 Å². The van der Waals surface area contributed by atoms with E-state index in [9.17, 15) is 9.59 Å². The molecule has 0 N–H and O–H groups in total. The van der Waals surface area contributed by atoms with E-state index in [4.69, 9.17) is 4.74 Å². The van der Waals surface area contributed by atoms with E-state index < -0.39 is 0 Å². The van der Waals surface area contributed by atoms with Crippen molar-refractivity contribution >= 4 is 11.8 Å². The highest BCUT2D eigenvalue weighted by molar-refractivity contribution is 5.94. The largest absolute Gasteiger partial charge is 0.384 e. The van der Waals surface area contributed by atoms with Crippen LogP contribution in [0, 0.1) is 25.2 Å². The average Bonchev–Trinajstić information content (AvgIpc) is 2.90. The van der Waals surface area contributed by atoms with E-state index in [0.717, 1.165) is 37.1 Å². The van der Waals surface area contributed by atoms with Gasteiger partial charge in [-0.25, -0.2) is 0 Å². The maximum Gasteiger partial charge on any atom is 0.253 e. The number of rotatable bonds is 4. The summed E-state index contributed by atoms with van der Waals surface area (Å²) in [6.45, 7) is 9.54. The maximum absolute atomic E-state index is 12.9. The van der Waals surface area contributed by atoms with Crippen molar-refractivity contribution in [2.45, 2.75) is 33.6 Å². The molecule has 0 unspecified atom stereocenters. The normalized spacial score (nSPS) is 22.3. The Morgan fingerprint density at radius 3 is 2.50 bits per heavy atom. The van der Waals surface area contributed by atoms with Crippen molar-refractivity contribution in [3.63, 3.8) is 0 Å². The average molecular weight is 358 g/mol. The van der Waals surface area contributed by atoms with Crippen LogP contribution in [-0.2, 0) is 9.53 Å². The van der Waals surface area contributed by atoms with E-state index in [1.807, 2.05) is 41.8 Å². The molecule has 1 aromatic rings. The third-order valence-corrected chi connectivity index (χ3v) is 6.37. The molecule has 2 heterocycles. The van der Waals surface area contributed by atoms with Crippen molar-refractivity contribution in [2.75, 3.05) is 39.9 Å². The van der Waals surface area contributed by atoms with Gasteiger partial charge in [0.05, 0.1) is 12.5 Å². The number of hydrogen-bond donors (Lipinski definition) is 0. The van der Waals surface area contributed by atoms with E-state index in [1.165, 1.54) is 5.56 Å². The topological polar surface area (TPSA) is 49.9 Å². The van der Waals surface area contributed by atoms with Crippen molar-refractivity contribution < 1.29 is 14.3 Å². The Morgan fingerprint density at radius 2 is 1.92 bits per heavy atom. The zero-order chi connectivity index (χ0) is 18.9. The van der Waals surface area contributed by atoms with Crippen LogP contribution in [0.25, 0.3) is 0 Å². The maximum atomic E-state index is 12.9. The van der Waals surface area contributed by atoms with Crippen LogP contribution in [0.4, 0.5) is 0 Å². The molecule has 1 aromatic carbocycles. The summed E-state index contributed by atoms with van der Waals surface area (Å²) in [4.78, 5) is 29.4. The number of hydrogen-bond acceptors (Lipinski definition) is 3. The van der Waals surface area contributed by atoms with Gasteiger partial charge in [-0.15, -0.1) is 0 Å². The van der Waals surface area contributed by atoms with Crippen LogP contribution in [0.1, 0.15) is 41.3 Å². The SMILES string of the molecule is CCN1CC2(CCN(C(=O)c3ccc(C)c(C)c3)CC2)[C@@H](COC)C1=O. The molecule has 0 radical (unpaired) electrons. The summed E-state index contributed by atoms with van der Waals surface area (Å²) in [7, 11) is 1.66. The second kappa shape index (κ2) is 7.39. The van der Waals surface area contributed by atoms with E-state index in [0.29, 0.717) is 19.7 Å². The second-order valence-electron chi connectivity index (χ2n) is 7.81. The number of aryl methyl sites for hydroxylation is 2. The highest BCUT2D eigenvalue weighted by Crippen LogP contribution is 2.45. The van der Waals surface area contributed by atoms with Gasteiger partial charge in [0, 0.05) is 44.3 Å². The first kappa shape index (κ1) is 18.9. The van der Waals surface area contributed by atoms with Crippen molar-refractivity contribution in [1.82, 2.24) is 9.80 Å². The number of carbonyl (C=O) groups excluding carboxylic acids is 2. The fourth-order valence-corrected chi connectivity index (χ4v) is 4.45. The van der Waals surface area contributed by atoms with Crippen molar-refractivity contribution in [3.8, 4) is 0 Å². The van der Waals surface area contributed by atoms with Gasteiger partial charge in [-0.2, -0.15) is 0 Å². The predicted octanol–water partition coefficient (Wildman–Crippen LogP) is 2.65. The molecule has 0 bridgehead atoms. The molecule has 2 aliphatic heterocycles. The standard InChI is InChI=1S/C21H30N2O3/c1-5-22-14-21(18(13-26-4)20(22)25)8-10-23(11-9-21)19(24)17-7-6-15(2)16(3)12-17/h6-7,12,18H,5,8-11,13-14H2,1-4H3/t18-/m0/s1. The van der Waals surface area contributed by atoms with Gasteiger partial charge in [-0.1, -0.05) is 6.07 Å². The lowest BCUT2D eigenvalue weighted by Crippen LogP contribution is -2.47. The first-order valence-corrected chi connectivity index (χ1v) is 9.56. The molecule has 0 aromatic heterocycles. The van der Waals surface area contributed by atoms with E-state index in [1.54, 1.807) is 7.11 Å². The molecule has 2 aliphatic rings. The zero-order valence-corrected chi connectivity index (χ0v) is 16.4. The summed E-state index contributed by atoms with van der Waals surface area (Å²) in [5.74, 6) is 0.234. The zero-order valence-electron chi connectivity index (χ0n) is 16.4. The van der Waals surface area contributed by atoms with Gasteiger partial charge >= 0.3 is 0 Å². The van der Waals surface area contributed by atoms with Crippen LogP contribution in [0.2, 0.25) is 0 Å². The Hall–Kier alpha value is -1.88. The van der Waals surface area contributed by atoms with Gasteiger partial charge in [0.2, 0.25) is 5.91 Å². The summed E-state index contributed by atoms with van der Waals surface area (Å²) in [6.07, 6.45) is 1.72. The molecule has 26 heavy (non-hydrogen) atoms. The minimum Gasteiger partial charge on any atom is -0.384 e. The monoisotopic (exact) mass is 358 g/mol. The summed E-state index contributed by atoms with van der Waals surface area (Å²) in [5.41, 5.74) is 3.05. The number of benzene rings is 1. The van der Waals surface area contributed by atoms with Gasteiger partial charge < -0.3 is 14.5 Å². The Morgan fingerprint density at radius 1 is 1.23 bits per heavy atom. The summed E-state index contributed by atoms with van der Waals surface area (Å²) in [5, 5.41) is 0. The molecule has 1 atom stereocenters. The Kier molecular flexibility index (Phi) is 5.37. The molecule has 142 valence electrons. The summed E-state index contributed by atoms with van der Waals surface area (Å²) < 4.78 is 5.36. The van der Waals surface area contributed by atoms with Gasteiger partial charge in [0.1, 0.15) is 0 Å². The predicted molar refractivity (Wildman–Crippen MR) is 101 cm³/mol. The van der Waals surface area contributed by atoms with Crippen molar-refractivity contribution in [2.24, 2.45) is 11.3 Å². The molecular weight excluding hydrogens is 328 g/mol. The van der Waals surface area contributed by atoms with E-state index in [-0.39, 0.29) is 23.1 Å². The third kappa shape index (κ3) is 3.25. The fourth-order valence-electron chi connectivity index (χ4n) is 4.45. The van der Waals surface area contributed by atoms with Crippen LogP contribution in [-0.4, -0.2) is 61.5 Å². The molecule has 3 rings (SSSR count). The number of ether oxygens (including phenoxy) is 1. The molecular formula is C21H30N2O3. The summed E-state index contributed by atoms with van der Waals surface area (Å²) >= 11 is 0. The number of likely N-dealkylation sites (tertiary alicyclic amines) is 2. The third-order valence-electron chi connectivity index (χ3n) is 6.37. The Bertz CT molecular complexity index is 692. The van der Waals surface area contributed by atoms with Crippen LogP contribution in [0.5, 0.6) is 0 Å². The molecule has 2 amide bonds. The van der Waals surface area contributed by atoms with Crippen molar-refractivity contribution in [3.05, 3.63) is 34.9 Å². The Balaban J connectivity index is 1.72. The minimum absolute atomic E-state index is 0.0525. The number of amides is 2. The lowest BCUT2D eigenvalue weighted by atomic mass is 9.71. The summed E-state index contributed by atoms with van der Waals surface area (Å²) in [6, 6.07) is 5.91. The number of piperidine rings is 1. The minimum atomic E-state index is -0.0775. The highest BCUT2D eigenvalue weighted by atomic mass is 16.5.